The van der Waals surface area contributed by atoms with E-state index >= 15 is 0 Å². The number of benzene rings is 2. The third-order valence-corrected chi connectivity index (χ3v) is 2.85. The summed E-state index contributed by atoms with van der Waals surface area (Å²) in [4.78, 5) is 0. The van der Waals surface area contributed by atoms with Gasteiger partial charge in [0.15, 0.2) is 0 Å². The zero-order valence-corrected chi connectivity index (χ0v) is 12.2. The van der Waals surface area contributed by atoms with Crippen LogP contribution < -0.4 is 10.1 Å². The monoisotopic (exact) mass is 293 g/mol. The Kier molecular flexibility index (Phi) is 4.85. The molecule has 0 spiro atoms. The average molecular weight is 294 g/mol. The second kappa shape index (κ2) is 6.62. The quantitative estimate of drug-likeness (QED) is 0.848. The minimum Gasteiger partial charge on any atom is -0.491 e. The summed E-state index contributed by atoms with van der Waals surface area (Å²) < 4.78 is 18.9. The highest BCUT2D eigenvalue weighted by molar-refractivity contribution is 6.30. The number of halogens is 2. The van der Waals surface area contributed by atoms with E-state index < -0.39 is 0 Å². The highest BCUT2D eigenvalue weighted by Crippen LogP contribution is 2.20. The number of nitrogens with one attached hydrogen (secondary N) is 1. The van der Waals surface area contributed by atoms with Crippen molar-refractivity contribution < 1.29 is 9.13 Å². The van der Waals surface area contributed by atoms with Crippen LogP contribution in [0.25, 0.3) is 0 Å². The van der Waals surface area contributed by atoms with Crippen LogP contribution in [0.1, 0.15) is 19.4 Å². The van der Waals surface area contributed by atoms with Crippen LogP contribution in [0.2, 0.25) is 5.02 Å². The molecule has 1 N–H and O–H groups in total. The van der Waals surface area contributed by atoms with Gasteiger partial charge in [-0.15, -0.1) is 0 Å². The van der Waals surface area contributed by atoms with E-state index in [2.05, 4.69) is 5.32 Å². The Hall–Kier alpha value is -1.74. The lowest BCUT2D eigenvalue weighted by Crippen LogP contribution is -2.06. The predicted octanol–water partition coefficient (Wildman–Crippen LogP) is 4.88. The van der Waals surface area contributed by atoms with Gasteiger partial charge in [0.1, 0.15) is 11.6 Å². The topological polar surface area (TPSA) is 21.3 Å². The molecule has 2 aromatic rings. The first-order valence-electron chi connectivity index (χ1n) is 6.48. The van der Waals surface area contributed by atoms with E-state index in [9.17, 15) is 4.39 Å². The second-order valence-corrected chi connectivity index (χ2v) is 5.26. The summed E-state index contributed by atoms with van der Waals surface area (Å²) in [5, 5.41) is 3.52. The van der Waals surface area contributed by atoms with Crippen LogP contribution in [0.15, 0.2) is 42.5 Å². The van der Waals surface area contributed by atoms with E-state index in [0.717, 1.165) is 11.3 Å². The van der Waals surface area contributed by atoms with Crippen LogP contribution in [0, 0.1) is 5.82 Å². The van der Waals surface area contributed by atoms with Gasteiger partial charge in [-0.25, -0.2) is 4.39 Å². The van der Waals surface area contributed by atoms with Gasteiger partial charge in [0, 0.05) is 17.3 Å². The smallest absolute Gasteiger partial charge is 0.126 e. The lowest BCUT2D eigenvalue weighted by molar-refractivity contribution is 0.242. The van der Waals surface area contributed by atoms with E-state index in [1.165, 1.54) is 12.1 Å². The Balaban J connectivity index is 2.03. The Labute approximate surface area is 123 Å². The van der Waals surface area contributed by atoms with Crippen molar-refractivity contribution in [1.29, 1.82) is 0 Å². The molecule has 2 aromatic carbocycles. The summed E-state index contributed by atoms with van der Waals surface area (Å²) >= 11 is 5.81. The molecule has 0 unspecified atom stereocenters. The van der Waals surface area contributed by atoms with Crippen molar-refractivity contribution in [3.63, 3.8) is 0 Å². The molecule has 0 aliphatic heterocycles. The zero-order chi connectivity index (χ0) is 14.5. The van der Waals surface area contributed by atoms with Gasteiger partial charge in [-0.2, -0.15) is 0 Å². The van der Waals surface area contributed by atoms with Crippen molar-refractivity contribution in [3.05, 3.63) is 58.9 Å². The van der Waals surface area contributed by atoms with Crippen molar-refractivity contribution in [2.45, 2.75) is 26.5 Å². The first-order valence-corrected chi connectivity index (χ1v) is 6.86. The van der Waals surface area contributed by atoms with Crippen molar-refractivity contribution >= 4 is 17.3 Å². The molecule has 0 aliphatic rings. The molecule has 106 valence electrons. The maximum atomic E-state index is 13.2. The first kappa shape index (κ1) is 14.7. The summed E-state index contributed by atoms with van der Waals surface area (Å²) in [7, 11) is 0. The van der Waals surface area contributed by atoms with Crippen molar-refractivity contribution in [1.82, 2.24) is 0 Å². The molecule has 0 atom stereocenters. The lowest BCUT2D eigenvalue weighted by Gasteiger charge is -2.12. The van der Waals surface area contributed by atoms with Crippen LogP contribution in [0.4, 0.5) is 10.1 Å². The van der Waals surface area contributed by atoms with Gasteiger partial charge in [0.05, 0.1) is 6.10 Å². The van der Waals surface area contributed by atoms with E-state index in [4.69, 9.17) is 16.3 Å². The predicted molar refractivity (Wildman–Crippen MR) is 80.9 cm³/mol. The molecule has 2 rings (SSSR count). The number of ether oxygens (including phenoxy) is 1. The number of anilines is 1. The van der Waals surface area contributed by atoms with Crippen molar-refractivity contribution in [2.24, 2.45) is 0 Å². The molecular weight excluding hydrogens is 277 g/mol. The van der Waals surface area contributed by atoms with E-state index in [1.54, 1.807) is 6.07 Å². The molecule has 0 radical (unpaired) electrons. The molecule has 0 aliphatic carbocycles. The molecule has 0 heterocycles. The SMILES string of the molecule is CC(C)Oc1cccc(CNc2cc(F)cc(Cl)c2)c1. The minimum absolute atomic E-state index is 0.139. The van der Waals surface area contributed by atoms with Crippen LogP contribution in [0.5, 0.6) is 5.75 Å². The Bertz CT molecular complexity index is 566. The first-order chi connectivity index (χ1) is 9.52. The molecular formula is C16H17ClFNO. The molecule has 0 amide bonds. The van der Waals surface area contributed by atoms with Crippen LogP contribution in [-0.2, 0) is 6.54 Å². The third-order valence-electron chi connectivity index (χ3n) is 2.63. The van der Waals surface area contributed by atoms with E-state index in [1.807, 2.05) is 38.1 Å². The fraction of sp³-hybridized carbons (Fsp3) is 0.250. The summed E-state index contributed by atoms with van der Waals surface area (Å²) in [6.07, 6.45) is 0.139. The van der Waals surface area contributed by atoms with Crippen molar-refractivity contribution in [3.8, 4) is 5.75 Å². The average Bonchev–Trinajstić information content (AvgIpc) is 2.35. The standard InChI is InChI=1S/C16H17ClFNO/c1-11(2)20-16-5-3-4-12(6-16)10-19-15-8-13(17)7-14(18)9-15/h3-9,11,19H,10H2,1-2H3. The zero-order valence-electron chi connectivity index (χ0n) is 11.5. The van der Waals surface area contributed by atoms with Crippen molar-refractivity contribution in [2.75, 3.05) is 5.32 Å². The molecule has 2 nitrogen and oxygen atoms in total. The number of hydrogen-bond acceptors (Lipinski definition) is 2. The number of rotatable bonds is 5. The van der Waals surface area contributed by atoms with Gasteiger partial charge in [0.2, 0.25) is 0 Å². The molecule has 0 bridgehead atoms. The highest BCUT2D eigenvalue weighted by atomic mass is 35.5. The summed E-state index contributed by atoms with van der Waals surface area (Å²) in [5.41, 5.74) is 1.72. The van der Waals surface area contributed by atoms with Gasteiger partial charge >= 0.3 is 0 Å². The fourth-order valence-electron chi connectivity index (χ4n) is 1.86. The normalized spacial score (nSPS) is 10.7. The van der Waals surface area contributed by atoms with Crippen LogP contribution in [-0.4, -0.2) is 6.10 Å². The molecule has 20 heavy (non-hydrogen) atoms. The third kappa shape index (κ3) is 4.42. The van der Waals surface area contributed by atoms with Gasteiger partial charge in [-0.05, 0) is 49.7 Å². The second-order valence-electron chi connectivity index (χ2n) is 4.83. The maximum absolute atomic E-state index is 13.2. The summed E-state index contributed by atoms with van der Waals surface area (Å²) in [5.74, 6) is 0.480. The molecule has 4 heteroatoms. The van der Waals surface area contributed by atoms with E-state index in [0.29, 0.717) is 17.3 Å². The molecule has 0 fully saturated rings. The van der Waals surface area contributed by atoms with Crippen LogP contribution >= 0.6 is 11.6 Å². The maximum Gasteiger partial charge on any atom is 0.126 e. The molecule has 0 aromatic heterocycles. The van der Waals surface area contributed by atoms with Gasteiger partial charge in [0.25, 0.3) is 0 Å². The molecule has 0 saturated carbocycles. The fourth-order valence-corrected chi connectivity index (χ4v) is 2.08. The van der Waals surface area contributed by atoms with E-state index in [-0.39, 0.29) is 11.9 Å². The highest BCUT2D eigenvalue weighted by Gasteiger charge is 2.02. The van der Waals surface area contributed by atoms with Gasteiger partial charge in [-0.1, -0.05) is 23.7 Å². The largest absolute Gasteiger partial charge is 0.491 e. The van der Waals surface area contributed by atoms with Crippen LogP contribution in [0.3, 0.4) is 0 Å². The molecule has 0 saturated heterocycles. The van der Waals surface area contributed by atoms with Gasteiger partial charge in [-0.3, -0.25) is 0 Å². The minimum atomic E-state index is -0.350. The van der Waals surface area contributed by atoms with Gasteiger partial charge < -0.3 is 10.1 Å². The lowest BCUT2D eigenvalue weighted by atomic mass is 10.2. The Morgan fingerprint density at radius 2 is 2.00 bits per heavy atom. The Morgan fingerprint density at radius 3 is 2.70 bits per heavy atom. The summed E-state index contributed by atoms with van der Waals surface area (Å²) in [6, 6.07) is 12.2. The summed E-state index contributed by atoms with van der Waals surface area (Å²) in [6.45, 7) is 4.55. The number of hydrogen-bond donors (Lipinski definition) is 1. The Morgan fingerprint density at radius 1 is 1.20 bits per heavy atom.